The summed E-state index contributed by atoms with van der Waals surface area (Å²) in [5, 5.41) is 16.2. The van der Waals surface area contributed by atoms with Crippen LogP contribution in [0, 0.1) is 12.7 Å². The van der Waals surface area contributed by atoms with Crippen LogP contribution in [-0.4, -0.2) is 26.1 Å². The second kappa shape index (κ2) is 4.32. The first-order valence-corrected chi connectivity index (χ1v) is 4.96. The molecule has 0 unspecified atom stereocenters. The molecule has 0 aliphatic heterocycles. The molecule has 0 saturated carbocycles. The summed E-state index contributed by atoms with van der Waals surface area (Å²) in [7, 11) is 0. The molecule has 0 atom stereocenters. The van der Waals surface area contributed by atoms with E-state index >= 15 is 0 Å². The minimum atomic E-state index is -0.965. The zero-order valence-electron chi connectivity index (χ0n) is 9.09. The molecule has 0 saturated heterocycles. The molecule has 0 amide bonds. The molecule has 0 radical (unpaired) electrons. The maximum atomic E-state index is 12.9. The summed E-state index contributed by atoms with van der Waals surface area (Å²) >= 11 is 0. The third kappa shape index (κ3) is 2.47. The van der Waals surface area contributed by atoms with Gasteiger partial charge in [0.1, 0.15) is 5.82 Å². The molecule has 1 aromatic carbocycles. The SMILES string of the molecule is Cc1cc(F)ccc1-n1cc(CC(=O)O)nn1. The number of carboxylic acid groups (broad SMARTS) is 1. The average Bonchev–Trinajstić information content (AvgIpc) is 2.65. The van der Waals surface area contributed by atoms with Gasteiger partial charge in [-0.05, 0) is 30.7 Å². The second-order valence-electron chi connectivity index (χ2n) is 3.66. The number of aromatic nitrogens is 3. The topological polar surface area (TPSA) is 68.0 Å². The first-order chi connectivity index (χ1) is 8.06. The quantitative estimate of drug-likeness (QED) is 0.871. The van der Waals surface area contributed by atoms with E-state index in [0.29, 0.717) is 16.9 Å². The first-order valence-electron chi connectivity index (χ1n) is 4.96. The molecule has 5 nitrogen and oxygen atoms in total. The van der Waals surface area contributed by atoms with Gasteiger partial charge in [-0.2, -0.15) is 0 Å². The van der Waals surface area contributed by atoms with E-state index in [0.717, 1.165) is 0 Å². The lowest BCUT2D eigenvalue weighted by atomic mass is 10.2. The molecule has 0 aliphatic rings. The largest absolute Gasteiger partial charge is 0.481 e. The molecule has 88 valence electrons. The number of nitrogens with zero attached hydrogens (tertiary/aromatic N) is 3. The summed E-state index contributed by atoms with van der Waals surface area (Å²) in [6.45, 7) is 1.75. The van der Waals surface area contributed by atoms with Crippen LogP contribution >= 0.6 is 0 Å². The molecule has 17 heavy (non-hydrogen) atoms. The van der Waals surface area contributed by atoms with E-state index in [1.165, 1.54) is 23.0 Å². The molecule has 0 spiro atoms. The van der Waals surface area contributed by atoms with Crippen LogP contribution in [0.15, 0.2) is 24.4 Å². The fraction of sp³-hybridized carbons (Fsp3) is 0.182. The molecule has 2 rings (SSSR count). The molecule has 0 fully saturated rings. The molecule has 6 heteroatoms. The first kappa shape index (κ1) is 11.3. The highest BCUT2D eigenvalue weighted by Gasteiger charge is 2.08. The lowest BCUT2D eigenvalue weighted by molar-refractivity contribution is -0.136. The van der Waals surface area contributed by atoms with Gasteiger partial charge in [0.05, 0.1) is 24.0 Å². The van der Waals surface area contributed by atoms with Crippen LogP contribution in [0.3, 0.4) is 0 Å². The zero-order valence-corrected chi connectivity index (χ0v) is 9.09. The minimum Gasteiger partial charge on any atom is -0.481 e. The van der Waals surface area contributed by atoms with Gasteiger partial charge in [-0.15, -0.1) is 5.10 Å². The van der Waals surface area contributed by atoms with E-state index in [1.54, 1.807) is 13.0 Å². The van der Waals surface area contributed by atoms with Gasteiger partial charge in [-0.3, -0.25) is 4.79 Å². The number of aryl methyl sites for hydroxylation is 1. The third-order valence-electron chi connectivity index (χ3n) is 2.28. The van der Waals surface area contributed by atoms with Crippen molar-refractivity contribution >= 4 is 5.97 Å². The van der Waals surface area contributed by atoms with Crippen molar-refractivity contribution < 1.29 is 14.3 Å². The number of halogens is 1. The molecule has 1 N–H and O–H groups in total. The van der Waals surface area contributed by atoms with E-state index in [4.69, 9.17) is 5.11 Å². The summed E-state index contributed by atoms with van der Waals surface area (Å²) < 4.78 is 14.4. The van der Waals surface area contributed by atoms with Crippen LogP contribution in [0.5, 0.6) is 0 Å². The Morgan fingerprint density at radius 2 is 2.29 bits per heavy atom. The Labute approximate surface area is 96.5 Å². The molecule has 1 aromatic heterocycles. The van der Waals surface area contributed by atoms with E-state index in [-0.39, 0.29) is 12.2 Å². The van der Waals surface area contributed by atoms with Gasteiger partial charge in [0, 0.05) is 0 Å². The van der Waals surface area contributed by atoms with Crippen LogP contribution in [0.4, 0.5) is 4.39 Å². The molecule has 0 bridgehead atoms. The summed E-state index contributed by atoms with van der Waals surface area (Å²) in [5.41, 5.74) is 1.74. The van der Waals surface area contributed by atoms with Crippen LogP contribution in [0.1, 0.15) is 11.3 Å². The van der Waals surface area contributed by atoms with Gasteiger partial charge in [-0.1, -0.05) is 5.21 Å². The fourth-order valence-corrected chi connectivity index (χ4v) is 1.53. The van der Waals surface area contributed by atoms with Gasteiger partial charge in [-0.25, -0.2) is 9.07 Å². The van der Waals surface area contributed by atoms with Crippen molar-refractivity contribution in [3.63, 3.8) is 0 Å². The van der Waals surface area contributed by atoms with Crippen molar-refractivity contribution in [1.82, 2.24) is 15.0 Å². The van der Waals surface area contributed by atoms with Crippen LogP contribution in [0.2, 0.25) is 0 Å². The Bertz CT molecular complexity index is 566. The average molecular weight is 235 g/mol. The lowest BCUT2D eigenvalue weighted by Crippen LogP contribution is -2.00. The van der Waals surface area contributed by atoms with Crippen LogP contribution < -0.4 is 0 Å². The summed E-state index contributed by atoms with van der Waals surface area (Å²) in [6.07, 6.45) is 1.34. The fourth-order valence-electron chi connectivity index (χ4n) is 1.53. The molecular weight excluding hydrogens is 225 g/mol. The van der Waals surface area contributed by atoms with Crippen LogP contribution in [-0.2, 0) is 11.2 Å². The van der Waals surface area contributed by atoms with Gasteiger partial charge in [0.2, 0.25) is 0 Å². The third-order valence-corrected chi connectivity index (χ3v) is 2.28. The Balaban J connectivity index is 2.33. The number of aliphatic carboxylic acids is 1. The predicted molar refractivity (Wildman–Crippen MR) is 57.4 cm³/mol. The lowest BCUT2D eigenvalue weighted by Gasteiger charge is -2.03. The highest BCUT2D eigenvalue weighted by Crippen LogP contribution is 2.14. The maximum Gasteiger partial charge on any atom is 0.309 e. The normalized spacial score (nSPS) is 10.5. The molecule has 0 aliphatic carbocycles. The monoisotopic (exact) mass is 235 g/mol. The molecular formula is C11H10FN3O2. The van der Waals surface area contributed by atoms with E-state index in [9.17, 15) is 9.18 Å². The van der Waals surface area contributed by atoms with Crippen molar-refractivity contribution in [3.8, 4) is 5.69 Å². The minimum absolute atomic E-state index is 0.180. The maximum absolute atomic E-state index is 12.9. The summed E-state index contributed by atoms with van der Waals surface area (Å²) in [5.74, 6) is -1.29. The van der Waals surface area contributed by atoms with E-state index in [2.05, 4.69) is 10.3 Å². The molecule has 1 heterocycles. The van der Waals surface area contributed by atoms with Crippen molar-refractivity contribution in [1.29, 1.82) is 0 Å². The van der Waals surface area contributed by atoms with E-state index < -0.39 is 5.97 Å². The standard InChI is InChI=1S/C11H10FN3O2/c1-7-4-8(12)2-3-10(7)15-6-9(13-14-15)5-11(16)17/h2-4,6H,5H2,1H3,(H,16,17). The number of hydrogen-bond acceptors (Lipinski definition) is 3. The summed E-state index contributed by atoms with van der Waals surface area (Å²) in [4.78, 5) is 10.5. The van der Waals surface area contributed by atoms with Crippen LogP contribution in [0.25, 0.3) is 5.69 Å². The Kier molecular flexibility index (Phi) is 2.86. The van der Waals surface area contributed by atoms with Gasteiger partial charge in [0.25, 0.3) is 0 Å². The van der Waals surface area contributed by atoms with Gasteiger partial charge >= 0.3 is 5.97 Å². The van der Waals surface area contributed by atoms with E-state index in [1.807, 2.05) is 0 Å². The summed E-state index contributed by atoms with van der Waals surface area (Å²) in [6, 6.07) is 4.28. The Morgan fingerprint density at radius 1 is 1.53 bits per heavy atom. The zero-order chi connectivity index (χ0) is 12.4. The second-order valence-corrected chi connectivity index (χ2v) is 3.66. The number of carbonyl (C=O) groups is 1. The highest BCUT2D eigenvalue weighted by atomic mass is 19.1. The highest BCUT2D eigenvalue weighted by molar-refractivity contribution is 5.69. The van der Waals surface area contributed by atoms with Crippen molar-refractivity contribution in [2.45, 2.75) is 13.3 Å². The van der Waals surface area contributed by atoms with Gasteiger partial charge < -0.3 is 5.11 Å². The number of rotatable bonds is 3. The Hall–Kier alpha value is -2.24. The van der Waals surface area contributed by atoms with Crippen molar-refractivity contribution in [3.05, 3.63) is 41.5 Å². The van der Waals surface area contributed by atoms with Crippen molar-refractivity contribution in [2.24, 2.45) is 0 Å². The number of hydrogen-bond donors (Lipinski definition) is 1. The van der Waals surface area contributed by atoms with Gasteiger partial charge in [0.15, 0.2) is 0 Å². The smallest absolute Gasteiger partial charge is 0.309 e. The molecule has 2 aromatic rings. The Morgan fingerprint density at radius 3 is 2.94 bits per heavy atom. The van der Waals surface area contributed by atoms with Crippen molar-refractivity contribution in [2.75, 3.05) is 0 Å². The predicted octanol–water partition coefficient (Wildman–Crippen LogP) is 1.34. The number of benzene rings is 1. The number of carboxylic acids is 1.